The predicted octanol–water partition coefficient (Wildman–Crippen LogP) is 3.89. The summed E-state index contributed by atoms with van der Waals surface area (Å²) in [7, 11) is 2.16. The molecule has 1 aromatic heterocycles. The average molecular weight is 508 g/mol. The molecule has 3 N–H and O–H groups in total. The van der Waals surface area contributed by atoms with Gasteiger partial charge in [0.15, 0.2) is 5.96 Å². The molecule has 0 aliphatic carbocycles. The molecular formula is C22H33IN6. The van der Waals surface area contributed by atoms with Gasteiger partial charge in [0.25, 0.3) is 0 Å². The number of aromatic nitrogens is 1. The molecule has 158 valence electrons. The highest BCUT2D eigenvalue weighted by Gasteiger charge is 2.15. The molecule has 0 amide bonds. The number of nitrogens with two attached hydrogens (primary N) is 1. The second kappa shape index (κ2) is 11.3. The number of likely N-dealkylation sites (N-methyl/N-ethyl adjacent to an activating group) is 1. The Bertz CT molecular complexity index is 784. The number of halogens is 1. The first-order chi connectivity index (χ1) is 13.5. The quantitative estimate of drug-likeness (QED) is 0.352. The summed E-state index contributed by atoms with van der Waals surface area (Å²) in [5.41, 5.74) is 9.50. The van der Waals surface area contributed by atoms with Crippen LogP contribution in [0.5, 0.6) is 0 Å². The maximum atomic E-state index is 6.08. The maximum absolute atomic E-state index is 6.08. The molecule has 0 saturated carbocycles. The smallest absolute Gasteiger partial charge is 0.193 e. The van der Waals surface area contributed by atoms with Crippen LogP contribution in [0.15, 0.2) is 47.6 Å². The van der Waals surface area contributed by atoms with Crippen molar-refractivity contribution in [1.29, 1.82) is 0 Å². The van der Waals surface area contributed by atoms with E-state index in [1.165, 1.54) is 5.56 Å². The largest absolute Gasteiger partial charge is 0.370 e. The van der Waals surface area contributed by atoms with Crippen LogP contribution in [0, 0.1) is 0 Å². The zero-order valence-electron chi connectivity index (χ0n) is 17.6. The fourth-order valence-corrected chi connectivity index (χ4v) is 3.26. The molecule has 1 saturated heterocycles. The first-order valence-electron chi connectivity index (χ1n) is 10.1. The summed E-state index contributed by atoms with van der Waals surface area (Å²) in [5, 5.41) is 3.18. The minimum Gasteiger partial charge on any atom is -0.370 e. The Hall–Kier alpha value is -1.87. The van der Waals surface area contributed by atoms with Gasteiger partial charge in [0, 0.05) is 38.1 Å². The van der Waals surface area contributed by atoms with Gasteiger partial charge in [-0.25, -0.2) is 9.98 Å². The molecule has 29 heavy (non-hydrogen) atoms. The van der Waals surface area contributed by atoms with E-state index in [-0.39, 0.29) is 24.0 Å². The molecule has 6 nitrogen and oxygen atoms in total. The van der Waals surface area contributed by atoms with Crippen molar-refractivity contribution in [3.8, 4) is 0 Å². The fourth-order valence-electron chi connectivity index (χ4n) is 3.26. The normalized spacial score (nSPS) is 16.2. The highest BCUT2D eigenvalue weighted by molar-refractivity contribution is 14.0. The average Bonchev–Trinajstić information content (AvgIpc) is 2.73. The number of guanidine groups is 1. The molecule has 0 bridgehead atoms. The highest BCUT2D eigenvalue weighted by Crippen LogP contribution is 2.20. The second-order valence-electron chi connectivity index (χ2n) is 7.57. The van der Waals surface area contributed by atoms with E-state index in [2.05, 4.69) is 76.3 Å². The first kappa shape index (κ1) is 23.4. The minimum absolute atomic E-state index is 0. The van der Waals surface area contributed by atoms with Crippen molar-refractivity contribution in [1.82, 2.24) is 9.88 Å². The van der Waals surface area contributed by atoms with Gasteiger partial charge < -0.3 is 20.9 Å². The summed E-state index contributed by atoms with van der Waals surface area (Å²) in [6.45, 7) is 9.12. The fraction of sp³-hybridized carbons (Fsp3) is 0.455. The SMILES string of the molecule is CCC(C)c1ccc(NC(N)=NCc2ccnc(N3CCN(C)CC3)c2)cc1.I. The standard InChI is InChI=1S/C22H32N6.HI/c1-4-17(2)19-5-7-20(8-6-19)26-22(23)25-16-18-9-10-24-21(15-18)28-13-11-27(3)12-14-28;/h5-10,15,17H,4,11-14,16H2,1-3H3,(H3,23,25,26);1H. The summed E-state index contributed by atoms with van der Waals surface area (Å²) in [4.78, 5) is 13.7. The molecule has 1 atom stereocenters. The maximum Gasteiger partial charge on any atom is 0.193 e. The summed E-state index contributed by atoms with van der Waals surface area (Å²) in [5.74, 6) is 2.02. The van der Waals surface area contributed by atoms with Crippen LogP contribution in [-0.4, -0.2) is 49.1 Å². The molecule has 0 radical (unpaired) electrons. The van der Waals surface area contributed by atoms with Crippen molar-refractivity contribution >= 4 is 41.4 Å². The van der Waals surface area contributed by atoms with Crippen LogP contribution in [0.4, 0.5) is 11.5 Å². The van der Waals surface area contributed by atoms with Gasteiger partial charge in [-0.3, -0.25) is 0 Å². The lowest BCUT2D eigenvalue weighted by molar-refractivity contribution is 0.312. The lowest BCUT2D eigenvalue weighted by Gasteiger charge is -2.33. The van der Waals surface area contributed by atoms with Crippen molar-refractivity contribution < 1.29 is 0 Å². The van der Waals surface area contributed by atoms with E-state index < -0.39 is 0 Å². The van der Waals surface area contributed by atoms with Gasteiger partial charge in [0.05, 0.1) is 6.54 Å². The van der Waals surface area contributed by atoms with E-state index >= 15 is 0 Å². The van der Waals surface area contributed by atoms with Crippen LogP contribution in [0.25, 0.3) is 0 Å². The number of nitrogens with zero attached hydrogens (tertiary/aromatic N) is 4. The van der Waals surface area contributed by atoms with Crippen LogP contribution in [-0.2, 0) is 6.54 Å². The third kappa shape index (κ3) is 6.85. The van der Waals surface area contributed by atoms with Gasteiger partial charge in [-0.15, -0.1) is 24.0 Å². The number of hydrogen-bond acceptors (Lipinski definition) is 4. The van der Waals surface area contributed by atoms with Crippen molar-refractivity contribution in [3.05, 3.63) is 53.7 Å². The first-order valence-corrected chi connectivity index (χ1v) is 10.1. The monoisotopic (exact) mass is 508 g/mol. The van der Waals surface area contributed by atoms with Gasteiger partial charge in [-0.2, -0.15) is 0 Å². The molecule has 1 fully saturated rings. The van der Waals surface area contributed by atoms with E-state index in [0.29, 0.717) is 18.4 Å². The van der Waals surface area contributed by atoms with E-state index in [4.69, 9.17) is 5.73 Å². The molecule has 1 unspecified atom stereocenters. The molecule has 2 heterocycles. The molecule has 3 rings (SSSR count). The summed E-state index contributed by atoms with van der Waals surface area (Å²) >= 11 is 0. The van der Waals surface area contributed by atoms with Crippen molar-refractivity contribution in [2.24, 2.45) is 10.7 Å². The molecule has 0 spiro atoms. The van der Waals surface area contributed by atoms with Gasteiger partial charge in [-0.1, -0.05) is 26.0 Å². The van der Waals surface area contributed by atoms with Crippen LogP contribution < -0.4 is 16.0 Å². The number of benzene rings is 1. The Morgan fingerprint density at radius 1 is 1.17 bits per heavy atom. The zero-order valence-corrected chi connectivity index (χ0v) is 20.0. The van der Waals surface area contributed by atoms with Crippen molar-refractivity contribution in [2.75, 3.05) is 43.4 Å². The second-order valence-corrected chi connectivity index (χ2v) is 7.57. The van der Waals surface area contributed by atoms with Crippen LogP contribution in [0.3, 0.4) is 0 Å². The number of nitrogens with one attached hydrogen (secondary N) is 1. The van der Waals surface area contributed by atoms with Crippen LogP contribution in [0.1, 0.15) is 37.3 Å². The van der Waals surface area contributed by atoms with Gasteiger partial charge >= 0.3 is 0 Å². The molecule has 1 aliphatic rings. The predicted molar refractivity (Wildman–Crippen MR) is 133 cm³/mol. The van der Waals surface area contributed by atoms with Crippen molar-refractivity contribution in [3.63, 3.8) is 0 Å². The Balaban J connectivity index is 0.00000300. The lowest BCUT2D eigenvalue weighted by atomic mass is 9.99. The Kier molecular flexibility index (Phi) is 9.16. The van der Waals surface area contributed by atoms with Gasteiger partial charge in [-0.05, 0) is 54.8 Å². The van der Waals surface area contributed by atoms with Crippen LogP contribution >= 0.6 is 24.0 Å². The third-order valence-electron chi connectivity index (χ3n) is 5.43. The number of hydrogen-bond donors (Lipinski definition) is 2. The Morgan fingerprint density at radius 3 is 2.52 bits per heavy atom. The van der Waals surface area contributed by atoms with E-state index in [0.717, 1.165) is 49.7 Å². The van der Waals surface area contributed by atoms with E-state index in [1.54, 1.807) is 0 Å². The Labute approximate surface area is 191 Å². The van der Waals surface area contributed by atoms with Gasteiger partial charge in [0.2, 0.25) is 0 Å². The van der Waals surface area contributed by atoms with E-state index in [1.807, 2.05) is 12.3 Å². The topological polar surface area (TPSA) is 69.8 Å². The minimum atomic E-state index is 0. The molecule has 1 aromatic carbocycles. The summed E-state index contributed by atoms with van der Waals surface area (Å²) in [6, 6.07) is 12.5. The number of anilines is 2. The van der Waals surface area contributed by atoms with E-state index in [9.17, 15) is 0 Å². The van der Waals surface area contributed by atoms with Crippen LogP contribution in [0.2, 0.25) is 0 Å². The van der Waals surface area contributed by atoms with Crippen molar-refractivity contribution in [2.45, 2.75) is 32.7 Å². The number of piperazine rings is 1. The lowest BCUT2D eigenvalue weighted by Crippen LogP contribution is -2.44. The molecule has 2 aromatic rings. The molecular weight excluding hydrogens is 475 g/mol. The summed E-state index contributed by atoms with van der Waals surface area (Å²) in [6.07, 6.45) is 2.99. The zero-order chi connectivity index (χ0) is 19.9. The number of rotatable bonds is 6. The van der Waals surface area contributed by atoms with Gasteiger partial charge in [0.1, 0.15) is 5.82 Å². The highest BCUT2D eigenvalue weighted by atomic mass is 127. The third-order valence-corrected chi connectivity index (χ3v) is 5.43. The number of pyridine rings is 1. The number of aliphatic imine (C=N–C) groups is 1. The molecule has 1 aliphatic heterocycles. The Morgan fingerprint density at radius 2 is 1.86 bits per heavy atom. The molecule has 7 heteroatoms. The summed E-state index contributed by atoms with van der Waals surface area (Å²) < 4.78 is 0.